The van der Waals surface area contributed by atoms with Gasteiger partial charge in [-0.1, -0.05) is 23.8 Å². The molecule has 2 heterocycles. The van der Waals surface area contributed by atoms with Crippen LogP contribution in [-0.4, -0.2) is 54.4 Å². The third-order valence-corrected chi connectivity index (χ3v) is 7.16. The predicted octanol–water partition coefficient (Wildman–Crippen LogP) is 4.23. The van der Waals surface area contributed by atoms with Crippen molar-refractivity contribution in [3.8, 4) is 17.2 Å². The number of nitrogens with zero attached hydrogens (tertiary/aromatic N) is 2. The molecule has 2 amide bonds. The maximum Gasteiger partial charge on any atom is 0.337 e. The van der Waals surface area contributed by atoms with E-state index in [1.54, 1.807) is 31.3 Å². The molecule has 4 rings (SSSR count). The Balaban J connectivity index is 1.44. The van der Waals surface area contributed by atoms with E-state index in [0.29, 0.717) is 29.4 Å². The van der Waals surface area contributed by atoms with Gasteiger partial charge in [0.25, 0.3) is 0 Å². The summed E-state index contributed by atoms with van der Waals surface area (Å²) < 4.78 is 18.7. The number of carbonyl (C=O) groups is 2. The second-order valence-corrected chi connectivity index (χ2v) is 10.4. The van der Waals surface area contributed by atoms with Crippen LogP contribution in [-0.2, 0) is 9.53 Å². The number of aromatic nitrogens is 1. The number of aryl methyl sites for hydroxylation is 3. The highest BCUT2D eigenvalue weighted by molar-refractivity contribution is 5.95. The van der Waals surface area contributed by atoms with E-state index in [1.807, 2.05) is 26.8 Å². The molecular formula is C32H39N5O6. The normalized spacial score (nSPS) is 15.6. The van der Waals surface area contributed by atoms with Gasteiger partial charge in [0.2, 0.25) is 0 Å². The van der Waals surface area contributed by atoms with Crippen molar-refractivity contribution in [1.29, 1.82) is 0 Å². The molecule has 3 aromatic rings. The molecule has 2 atom stereocenters. The van der Waals surface area contributed by atoms with Gasteiger partial charge in [-0.05, 0) is 76.9 Å². The van der Waals surface area contributed by atoms with Crippen molar-refractivity contribution < 1.29 is 28.9 Å². The number of methoxy groups -OCH3 is 1. The molecule has 11 nitrogen and oxygen atoms in total. The maximum atomic E-state index is 12.5. The quantitative estimate of drug-likeness (QED) is 0.114. The fourth-order valence-electron chi connectivity index (χ4n) is 5.16. The number of esters is 1. The van der Waals surface area contributed by atoms with Crippen molar-refractivity contribution in [2.75, 3.05) is 20.3 Å². The Morgan fingerprint density at radius 2 is 1.86 bits per heavy atom. The van der Waals surface area contributed by atoms with Crippen LogP contribution >= 0.6 is 0 Å². The third-order valence-electron chi connectivity index (χ3n) is 7.16. The van der Waals surface area contributed by atoms with Crippen LogP contribution in [0.3, 0.4) is 0 Å². The van der Waals surface area contributed by atoms with Crippen LogP contribution in [0.4, 0.5) is 4.79 Å². The summed E-state index contributed by atoms with van der Waals surface area (Å²) in [5.41, 5.74) is 10.5. The number of nitrogens with one attached hydrogen (secondary N) is 3. The number of hydrogen-bond donors (Lipinski definition) is 4. The van der Waals surface area contributed by atoms with Gasteiger partial charge in [-0.25, -0.2) is 9.59 Å². The monoisotopic (exact) mass is 589 g/mol. The average Bonchev–Trinajstić information content (AvgIpc) is 3.24. The molecule has 0 fully saturated rings. The molecule has 0 aliphatic carbocycles. The minimum Gasteiger partial charge on any atom is -0.490 e. The Hall–Kier alpha value is -4.77. The summed E-state index contributed by atoms with van der Waals surface area (Å²) >= 11 is 0. The maximum absolute atomic E-state index is 12.5. The fourth-order valence-corrected chi connectivity index (χ4v) is 5.16. The Morgan fingerprint density at radius 1 is 1.09 bits per heavy atom. The van der Waals surface area contributed by atoms with Gasteiger partial charge in [0.05, 0.1) is 31.5 Å². The minimum absolute atomic E-state index is 0.116. The predicted molar refractivity (Wildman–Crippen MR) is 164 cm³/mol. The fraction of sp³-hybridized carbons (Fsp3) is 0.344. The Labute approximate surface area is 251 Å². The summed E-state index contributed by atoms with van der Waals surface area (Å²) in [4.78, 5) is 24.6. The Kier molecular flexibility index (Phi) is 9.77. The van der Waals surface area contributed by atoms with Crippen molar-refractivity contribution >= 4 is 18.2 Å². The highest BCUT2D eigenvalue weighted by Gasteiger charge is 2.32. The van der Waals surface area contributed by atoms with Crippen molar-refractivity contribution in [1.82, 2.24) is 20.6 Å². The average molecular weight is 590 g/mol. The van der Waals surface area contributed by atoms with E-state index >= 15 is 0 Å². The van der Waals surface area contributed by atoms with E-state index in [9.17, 15) is 14.7 Å². The molecule has 2 aromatic carbocycles. The lowest BCUT2D eigenvalue weighted by atomic mass is 9.95. The summed E-state index contributed by atoms with van der Waals surface area (Å²) in [6.45, 7) is 12.0. The molecule has 0 unspecified atom stereocenters. The van der Waals surface area contributed by atoms with Gasteiger partial charge < -0.3 is 34.5 Å². The zero-order chi connectivity index (χ0) is 31.3. The largest absolute Gasteiger partial charge is 0.490 e. The molecule has 0 radical (unpaired) electrons. The summed E-state index contributed by atoms with van der Waals surface area (Å²) in [5.74, 6) is 0.215. The van der Waals surface area contributed by atoms with E-state index in [1.165, 1.54) is 18.2 Å². The van der Waals surface area contributed by atoms with E-state index in [-0.39, 0.29) is 12.2 Å². The Bertz CT molecular complexity index is 1570. The molecule has 0 bridgehead atoms. The zero-order valence-electron chi connectivity index (χ0n) is 25.6. The number of rotatable bonds is 11. The first-order chi connectivity index (χ1) is 20.5. The number of amides is 2. The van der Waals surface area contributed by atoms with Crippen molar-refractivity contribution in [3.05, 3.63) is 87.4 Å². The summed E-state index contributed by atoms with van der Waals surface area (Å²) in [6.07, 6.45) is 0.571. The van der Waals surface area contributed by atoms with E-state index in [0.717, 1.165) is 22.6 Å². The number of hydrogen-bond acceptors (Lipinski definition) is 8. The first-order valence-electron chi connectivity index (χ1n) is 14.0. The van der Waals surface area contributed by atoms with Gasteiger partial charge >= 0.3 is 12.0 Å². The second kappa shape index (κ2) is 13.5. The highest BCUT2D eigenvalue weighted by atomic mass is 16.5. The Morgan fingerprint density at radius 3 is 2.56 bits per heavy atom. The van der Waals surface area contributed by atoms with Crippen LogP contribution in [0.25, 0.3) is 5.69 Å². The molecule has 1 aromatic heterocycles. The van der Waals surface area contributed by atoms with Crippen LogP contribution in [0.2, 0.25) is 0 Å². The number of urea groups is 1. The highest BCUT2D eigenvalue weighted by Crippen LogP contribution is 2.35. The van der Waals surface area contributed by atoms with Crippen molar-refractivity contribution in [2.24, 2.45) is 5.10 Å². The molecule has 43 heavy (non-hydrogen) atoms. The molecule has 4 N–H and O–H groups in total. The van der Waals surface area contributed by atoms with Crippen LogP contribution in [0, 0.1) is 27.7 Å². The van der Waals surface area contributed by atoms with Gasteiger partial charge in [0.1, 0.15) is 6.61 Å². The molecule has 11 heteroatoms. The van der Waals surface area contributed by atoms with Crippen LogP contribution in [0.5, 0.6) is 11.5 Å². The molecule has 0 spiro atoms. The van der Waals surface area contributed by atoms with Crippen molar-refractivity contribution in [2.45, 2.75) is 53.8 Å². The molecule has 1 aliphatic rings. The van der Waals surface area contributed by atoms with Crippen LogP contribution < -0.4 is 25.5 Å². The van der Waals surface area contributed by atoms with E-state index in [4.69, 9.17) is 14.2 Å². The summed E-state index contributed by atoms with van der Waals surface area (Å²) in [5, 5.41) is 20.1. The topological polar surface area (TPSA) is 135 Å². The lowest BCUT2D eigenvalue weighted by Crippen LogP contribution is -2.45. The molecule has 0 saturated heterocycles. The van der Waals surface area contributed by atoms with Gasteiger partial charge in [-0.3, -0.25) is 5.43 Å². The molecule has 228 valence electrons. The minimum atomic E-state index is -1.10. The SMILES string of the molecule is CCOc1cc([C@@H]2NC(=O)NC(C)=C2C(=O)OC)ccc1OC[C@@H](O)N/N=C\c1cc(C)n(-c2ccc(C)cc2C)c1C. The van der Waals surface area contributed by atoms with Gasteiger partial charge in [0.15, 0.2) is 17.7 Å². The van der Waals surface area contributed by atoms with E-state index < -0.39 is 24.3 Å². The van der Waals surface area contributed by atoms with Gasteiger partial charge in [-0.15, -0.1) is 0 Å². The van der Waals surface area contributed by atoms with E-state index in [2.05, 4.69) is 57.8 Å². The number of benzene rings is 2. The number of ether oxygens (including phenoxy) is 3. The number of carbonyl (C=O) groups excluding carboxylic acids is 2. The lowest BCUT2D eigenvalue weighted by molar-refractivity contribution is -0.136. The molecule has 1 aliphatic heterocycles. The number of aliphatic hydroxyl groups excluding tert-OH is 1. The third kappa shape index (κ3) is 7.00. The first-order valence-corrected chi connectivity index (χ1v) is 14.0. The smallest absolute Gasteiger partial charge is 0.337 e. The summed E-state index contributed by atoms with van der Waals surface area (Å²) in [7, 11) is 1.28. The second-order valence-electron chi connectivity index (χ2n) is 10.4. The number of hydrazone groups is 1. The summed E-state index contributed by atoms with van der Waals surface area (Å²) in [6, 6.07) is 12.3. The van der Waals surface area contributed by atoms with Gasteiger partial charge in [-0.2, -0.15) is 5.10 Å². The first kappa shape index (κ1) is 31.2. The lowest BCUT2D eigenvalue weighted by Gasteiger charge is -2.28. The van der Waals surface area contributed by atoms with Crippen LogP contribution in [0.15, 0.2) is 58.8 Å². The van der Waals surface area contributed by atoms with Crippen molar-refractivity contribution in [3.63, 3.8) is 0 Å². The zero-order valence-corrected chi connectivity index (χ0v) is 25.6. The molecular weight excluding hydrogens is 550 g/mol. The standard InChI is InChI=1S/C32H39N5O6/c1-8-42-27-15-23(30-29(31(39)41-7)21(5)34-32(40)35-30)10-12-26(27)43-17-28(38)36-33-16-24-14-20(4)37(22(24)6)25-11-9-18(2)13-19(25)3/h9-16,28,30,36,38H,8,17H2,1-7H3,(H2,34,35,40)/b33-16-/t28-,30+/m1/s1. The molecule has 0 saturated carbocycles. The number of aliphatic hydroxyl groups is 1. The number of allylic oxidation sites excluding steroid dienone is 1. The van der Waals surface area contributed by atoms with Crippen LogP contribution in [0.1, 0.15) is 53.5 Å². The van der Waals surface area contributed by atoms with Gasteiger partial charge in [0, 0.05) is 28.3 Å².